The number of carbonyl (C=O) groups is 1. The summed E-state index contributed by atoms with van der Waals surface area (Å²) in [5, 5.41) is 12.3. The first-order valence-electron chi connectivity index (χ1n) is 4.73. The number of aliphatic hydroxyl groups is 1. The molecule has 0 aliphatic heterocycles. The molecule has 0 rings (SSSR count). The maximum Gasteiger partial charge on any atom is 0.217 e. The van der Waals surface area contributed by atoms with Crippen LogP contribution >= 0.6 is 0 Å². The van der Waals surface area contributed by atoms with Gasteiger partial charge in [0.15, 0.2) is 0 Å². The van der Waals surface area contributed by atoms with Crippen molar-refractivity contribution in [1.82, 2.24) is 5.32 Å². The average molecular weight is 188 g/mol. The van der Waals surface area contributed by atoms with E-state index < -0.39 is 0 Å². The van der Waals surface area contributed by atoms with Gasteiger partial charge < -0.3 is 16.2 Å². The summed E-state index contributed by atoms with van der Waals surface area (Å²) in [6.07, 6.45) is 1.84. The molecule has 1 amide bonds. The molecule has 0 aromatic carbocycles. The van der Waals surface area contributed by atoms with Crippen LogP contribution in [-0.4, -0.2) is 29.7 Å². The van der Waals surface area contributed by atoms with E-state index in [9.17, 15) is 4.79 Å². The first kappa shape index (κ1) is 12.4. The highest BCUT2D eigenvalue weighted by atomic mass is 16.3. The summed E-state index contributed by atoms with van der Waals surface area (Å²) in [4.78, 5) is 10.4. The third-order valence-corrected chi connectivity index (χ3v) is 2.04. The molecule has 4 N–H and O–H groups in total. The van der Waals surface area contributed by atoms with Crippen molar-refractivity contribution in [1.29, 1.82) is 0 Å². The largest absolute Gasteiger partial charge is 0.392 e. The highest BCUT2D eigenvalue weighted by Gasteiger charge is 2.06. The van der Waals surface area contributed by atoms with Gasteiger partial charge in [-0.15, -0.1) is 0 Å². The first-order chi connectivity index (χ1) is 6.04. The fraction of sp³-hybridized carbons (Fsp3) is 0.889. The molecule has 2 atom stereocenters. The minimum atomic E-state index is -0.337. The third-order valence-electron chi connectivity index (χ3n) is 2.04. The lowest BCUT2D eigenvalue weighted by Gasteiger charge is -2.15. The van der Waals surface area contributed by atoms with Crippen LogP contribution in [-0.2, 0) is 4.79 Å². The molecule has 0 aromatic heterocycles. The molecule has 0 saturated heterocycles. The fourth-order valence-electron chi connectivity index (χ4n) is 0.925. The van der Waals surface area contributed by atoms with Crippen LogP contribution < -0.4 is 11.1 Å². The number of unbranched alkanes of at least 4 members (excludes halogenated alkanes) is 1. The van der Waals surface area contributed by atoms with E-state index in [1.165, 1.54) is 0 Å². The molecule has 0 radical (unpaired) electrons. The topological polar surface area (TPSA) is 75.3 Å². The number of aliphatic hydroxyl groups excluding tert-OH is 1. The Kier molecular flexibility index (Phi) is 6.54. The van der Waals surface area contributed by atoms with Gasteiger partial charge in [-0.25, -0.2) is 0 Å². The molecular weight excluding hydrogens is 168 g/mol. The Labute approximate surface area is 79.5 Å². The molecule has 0 heterocycles. The molecule has 0 aromatic rings. The molecule has 13 heavy (non-hydrogen) atoms. The van der Waals surface area contributed by atoms with E-state index >= 15 is 0 Å². The van der Waals surface area contributed by atoms with Gasteiger partial charge in [-0.3, -0.25) is 4.79 Å². The lowest BCUT2D eigenvalue weighted by atomic mass is 10.2. The molecule has 0 bridgehead atoms. The van der Waals surface area contributed by atoms with Gasteiger partial charge in [-0.05, 0) is 33.2 Å². The quantitative estimate of drug-likeness (QED) is 0.492. The number of hydrogen-bond donors (Lipinski definition) is 3. The Morgan fingerprint density at radius 1 is 1.46 bits per heavy atom. The predicted molar refractivity (Wildman–Crippen MR) is 52.2 cm³/mol. The van der Waals surface area contributed by atoms with E-state index in [0.29, 0.717) is 6.42 Å². The second-order valence-electron chi connectivity index (χ2n) is 3.41. The predicted octanol–water partition coefficient (Wildman–Crippen LogP) is 0.000900. The van der Waals surface area contributed by atoms with E-state index in [-0.39, 0.29) is 18.1 Å². The van der Waals surface area contributed by atoms with Crippen LogP contribution in [0.4, 0.5) is 0 Å². The SMILES string of the molecule is CC(O)C(C)NCCCCC(N)=O. The molecule has 0 aliphatic rings. The van der Waals surface area contributed by atoms with Gasteiger partial charge >= 0.3 is 0 Å². The highest BCUT2D eigenvalue weighted by molar-refractivity contribution is 5.73. The maximum absolute atomic E-state index is 10.4. The number of nitrogens with two attached hydrogens (primary N) is 1. The van der Waals surface area contributed by atoms with Crippen molar-refractivity contribution in [3.05, 3.63) is 0 Å². The molecule has 0 aliphatic carbocycles. The zero-order chi connectivity index (χ0) is 10.3. The second-order valence-corrected chi connectivity index (χ2v) is 3.41. The fourth-order valence-corrected chi connectivity index (χ4v) is 0.925. The minimum absolute atomic E-state index is 0.105. The van der Waals surface area contributed by atoms with Crippen molar-refractivity contribution < 1.29 is 9.90 Å². The van der Waals surface area contributed by atoms with E-state index in [0.717, 1.165) is 19.4 Å². The number of primary amides is 1. The van der Waals surface area contributed by atoms with Crippen molar-refractivity contribution in [2.24, 2.45) is 5.73 Å². The summed E-state index contributed by atoms with van der Waals surface area (Å²) in [7, 11) is 0. The number of nitrogens with one attached hydrogen (secondary N) is 1. The number of rotatable bonds is 7. The van der Waals surface area contributed by atoms with E-state index in [1.54, 1.807) is 6.92 Å². The minimum Gasteiger partial charge on any atom is -0.392 e. The summed E-state index contributed by atoms with van der Waals surface area (Å²) in [6, 6.07) is 0.105. The number of carbonyl (C=O) groups excluding carboxylic acids is 1. The van der Waals surface area contributed by atoms with Crippen LogP contribution in [0.15, 0.2) is 0 Å². The Hall–Kier alpha value is -0.610. The van der Waals surface area contributed by atoms with Crippen LogP contribution in [0.2, 0.25) is 0 Å². The first-order valence-corrected chi connectivity index (χ1v) is 4.73. The average Bonchev–Trinajstić information content (AvgIpc) is 2.02. The van der Waals surface area contributed by atoms with Crippen molar-refractivity contribution in [2.45, 2.75) is 45.3 Å². The molecule has 4 heteroatoms. The Bertz CT molecular complexity index is 149. The van der Waals surface area contributed by atoms with E-state index in [2.05, 4.69) is 5.32 Å². The summed E-state index contributed by atoms with van der Waals surface area (Å²) < 4.78 is 0. The number of amides is 1. The molecule has 4 nitrogen and oxygen atoms in total. The van der Waals surface area contributed by atoms with Crippen LogP contribution in [0.5, 0.6) is 0 Å². The summed E-state index contributed by atoms with van der Waals surface area (Å²) in [6.45, 7) is 4.50. The monoisotopic (exact) mass is 188 g/mol. The summed E-state index contributed by atoms with van der Waals surface area (Å²) in [5.74, 6) is -0.247. The smallest absolute Gasteiger partial charge is 0.217 e. The van der Waals surface area contributed by atoms with Crippen molar-refractivity contribution >= 4 is 5.91 Å². The Balaban J connectivity index is 3.21. The molecule has 78 valence electrons. The lowest BCUT2D eigenvalue weighted by Crippen LogP contribution is -2.36. The van der Waals surface area contributed by atoms with Crippen LogP contribution in [0, 0.1) is 0 Å². The van der Waals surface area contributed by atoms with E-state index in [4.69, 9.17) is 10.8 Å². The van der Waals surface area contributed by atoms with Crippen LogP contribution in [0.1, 0.15) is 33.1 Å². The zero-order valence-corrected chi connectivity index (χ0v) is 8.42. The van der Waals surface area contributed by atoms with Crippen LogP contribution in [0.3, 0.4) is 0 Å². The normalized spacial score (nSPS) is 15.3. The zero-order valence-electron chi connectivity index (χ0n) is 8.42. The summed E-state index contributed by atoms with van der Waals surface area (Å²) in [5.41, 5.74) is 4.98. The van der Waals surface area contributed by atoms with Crippen molar-refractivity contribution in [3.8, 4) is 0 Å². The van der Waals surface area contributed by atoms with Gasteiger partial charge in [0.2, 0.25) is 5.91 Å². The second kappa shape index (κ2) is 6.86. The lowest BCUT2D eigenvalue weighted by molar-refractivity contribution is -0.118. The van der Waals surface area contributed by atoms with Gasteiger partial charge in [0, 0.05) is 12.5 Å². The van der Waals surface area contributed by atoms with Gasteiger partial charge in [0.05, 0.1) is 6.10 Å². The van der Waals surface area contributed by atoms with Gasteiger partial charge in [0.1, 0.15) is 0 Å². The molecule has 0 saturated carbocycles. The van der Waals surface area contributed by atoms with Gasteiger partial charge in [-0.2, -0.15) is 0 Å². The summed E-state index contributed by atoms with van der Waals surface area (Å²) >= 11 is 0. The Morgan fingerprint density at radius 2 is 2.08 bits per heavy atom. The molecular formula is C9H20N2O2. The van der Waals surface area contributed by atoms with Gasteiger partial charge in [-0.1, -0.05) is 0 Å². The Morgan fingerprint density at radius 3 is 2.54 bits per heavy atom. The molecule has 0 spiro atoms. The molecule has 0 fully saturated rings. The maximum atomic E-state index is 10.4. The highest BCUT2D eigenvalue weighted by Crippen LogP contribution is 1.95. The van der Waals surface area contributed by atoms with Crippen molar-refractivity contribution in [2.75, 3.05) is 6.54 Å². The molecule has 2 unspecified atom stereocenters. The van der Waals surface area contributed by atoms with E-state index in [1.807, 2.05) is 6.92 Å². The standard InChI is InChI=1S/C9H20N2O2/c1-7(8(2)12)11-6-4-3-5-9(10)13/h7-8,11-12H,3-6H2,1-2H3,(H2,10,13). The number of hydrogen-bond acceptors (Lipinski definition) is 3. The van der Waals surface area contributed by atoms with Gasteiger partial charge in [0.25, 0.3) is 0 Å². The van der Waals surface area contributed by atoms with Crippen LogP contribution in [0.25, 0.3) is 0 Å². The van der Waals surface area contributed by atoms with Crippen molar-refractivity contribution in [3.63, 3.8) is 0 Å². The third kappa shape index (κ3) is 7.74.